The third kappa shape index (κ3) is 3.88. The molecule has 0 unspecified atom stereocenters. The lowest BCUT2D eigenvalue weighted by atomic mass is 10.2. The van der Waals surface area contributed by atoms with Crippen LogP contribution in [0.25, 0.3) is 0 Å². The molecule has 21 heavy (non-hydrogen) atoms. The van der Waals surface area contributed by atoms with Gasteiger partial charge >= 0.3 is 0 Å². The number of hydrogen-bond acceptors (Lipinski definition) is 5. The van der Waals surface area contributed by atoms with E-state index in [0.29, 0.717) is 28.0 Å². The van der Waals surface area contributed by atoms with E-state index in [-0.39, 0.29) is 12.5 Å². The van der Waals surface area contributed by atoms with Gasteiger partial charge in [0.15, 0.2) is 5.82 Å². The molecule has 0 radical (unpaired) electrons. The number of ether oxygens (including phenoxy) is 1. The SMILES string of the molecule is COc1cc(Cl)c(C)cc1NCC(=O)Nc1cc(C)on1. The monoisotopic (exact) mass is 309 g/mol. The number of methoxy groups -OCH3 is 1. The van der Waals surface area contributed by atoms with E-state index in [1.807, 2.05) is 13.0 Å². The highest BCUT2D eigenvalue weighted by atomic mass is 35.5. The Morgan fingerprint density at radius 3 is 2.76 bits per heavy atom. The zero-order valence-electron chi connectivity index (χ0n) is 12.0. The number of amides is 1. The fourth-order valence-corrected chi connectivity index (χ4v) is 1.91. The summed E-state index contributed by atoms with van der Waals surface area (Å²) >= 11 is 6.03. The molecule has 0 aliphatic carbocycles. The normalized spacial score (nSPS) is 10.3. The first-order valence-electron chi connectivity index (χ1n) is 6.30. The summed E-state index contributed by atoms with van der Waals surface area (Å²) in [5.41, 5.74) is 1.60. The van der Waals surface area contributed by atoms with E-state index in [2.05, 4.69) is 15.8 Å². The largest absolute Gasteiger partial charge is 0.495 e. The highest BCUT2D eigenvalue weighted by Gasteiger charge is 2.10. The Morgan fingerprint density at radius 2 is 2.14 bits per heavy atom. The molecule has 0 saturated carbocycles. The van der Waals surface area contributed by atoms with Gasteiger partial charge in [-0.2, -0.15) is 0 Å². The molecule has 2 aromatic rings. The molecule has 1 aromatic heterocycles. The Bertz CT molecular complexity index is 655. The number of carbonyl (C=O) groups is 1. The number of halogens is 1. The molecular formula is C14H16ClN3O3. The molecule has 0 spiro atoms. The highest BCUT2D eigenvalue weighted by Crippen LogP contribution is 2.30. The van der Waals surface area contributed by atoms with Crippen molar-refractivity contribution in [3.8, 4) is 5.75 Å². The number of hydrogen-bond donors (Lipinski definition) is 2. The van der Waals surface area contributed by atoms with Crippen LogP contribution in [0.1, 0.15) is 11.3 Å². The van der Waals surface area contributed by atoms with Gasteiger partial charge in [-0.05, 0) is 25.5 Å². The molecule has 7 heteroatoms. The fraction of sp³-hybridized carbons (Fsp3) is 0.286. The van der Waals surface area contributed by atoms with Crippen molar-refractivity contribution in [2.75, 3.05) is 24.3 Å². The molecule has 0 fully saturated rings. The molecule has 1 heterocycles. The van der Waals surface area contributed by atoms with Gasteiger partial charge in [0.25, 0.3) is 0 Å². The first kappa shape index (κ1) is 15.2. The minimum atomic E-state index is -0.238. The second-order valence-electron chi connectivity index (χ2n) is 4.53. The van der Waals surface area contributed by atoms with Crippen LogP contribution < -0.4 is 15.4 Å². The number of nitrogens with zero attached hydrogens (tertiary/aromatic N) is 1. The maximum absolute atomic E-state index is 11.8. The third-order valence-electron chi connectivity index (χ3n) is 2.82. The Morgan fingerprint density at radius 1 is 1.38 bits per heavy atom. The maximum Gasteiger partial charge on any atom is 0.244 e. The fourth-order valence-electron chi connectivity index (χ4n) is 1.76. The molecule has 1 aromatic carbocycles. The molecular weight excluding hydrogens is 294 g/mol. The number of nitrogens with one attached hydrogen (secondary N) is 2. The lowest BCUT2D eigenvalue weighted by Gasteiger charge is -2.12. The second kappa shape index (κ2) is 6.49. The summed E-state index contributed by atoms with van der Waals surface area (Å²) in [7, 11) is 1.55. The van der Waals surface area contributed by atoms with Crippen LogP contribution in [0.5, 0.6) is 5.75 Å². The Kier molecular flexibility index (Phi) is 4.70. The van der Waals surface area contributed by atoms with Crippen molar-refractivity contribution in [2.45, 2.75) is 13.8 Å². The molecule has 0 aliphatic rings. The number of aryl methyl sites for hydroxylation is 2. The average Bonchev–Trinajstić information content (AvgIpc) is 2.84. The lowest BCUT2D eigenvalue weighted by molar-refractivity contribution is -0.114. The number of aromatic nitrogens is 1. The van der Waals surface area contributed by atoms with Gasteiger partial charge in [0.2, 0.25) is 5.91 Å². The van der Waals surface area contributed by atoms with E-state index in [0.717, 1.165) is 5.56 Å². The first-order chi connectivity index (χ1) is 9.99. The van der Waals surface area contributed by atoms with Crippen LogP contribution in [-0.4, -0.2) is 24.7 Å². The molecule has 0 aliphatic heterocycles. The predicted molar refractivity (Wildman–Crippen MR) is 81.1 cm³/mol. The van der Waals surface area contributed by atoms with Crippen molar-refractivity contribution < 1.29 is 14.1 Å². The van der Waals surface area contributed by atoms with Crippen LogP contribution >= 0.6 is 11.6 Å². The maximum atomic E-state index is 11.8. The van der Waals surface area contributed by atoms with Crippen LogP contribution in [0.4, 0.5) is 11.5 Å². The molecule has 0 atom stereocenters. The minimum absolute atomic E-state index is 0.0728. The molecule has 2 rings (SSSR count). The van der Waals surface area contributed by atoms with Crippen LogP contribution in [0.3, 0.4) is 0 Å². The van der Waals surface area contributed by atoms with Gasteiger partial charge in [0.1, 0.15) is 11.5 Å². The Balaban J connectivity index is 1.99. The van der Waals surface area contributed by atoms with E-state index >= 15 is 0 Å². The van der Waals surface area contributed by atoms with Crippen LogP contribution in [0.15, 0.2) is 22.7 Å². The first-order valence-corrected chi connectivity index (χ1v) is 6.68. The molecule has 0 bridgehead atoms. The van der Waals surface area contributed by atoms with Crippen LogP contribution in [0, 0.1) is 13.8 Å². The van der Waals surface area contributed by atoms with E-state index in [1.165, 1.54) is 0 Å². The summed E-state index contributed by atoms with van der Waals surface area (Å²) in [6, 6.07) is 5.18. The van der Waals surface area contributed by atoms with Crippen molar-refractivity contribution >= 4 is 29.0 Å². The zero-order chi connectivity index (χ0) is 15.4. The van der Waals surface area contributed by atoms with Gasteiger partial charge in [0.05, 0.1) is 19.3 Å². The van der Waals surface area contributed by atoms with Gasteiger partial charge in [-0.3, -0.25) is 4.79 Å². The quantitative estimate of drug-likeness (QED) is 0.888. The van der Waals surface area contributed by atoms with Crippen molar-refractivity contribution in [2.24, 2.45) is 0 Å². The minimum Gasteiger partial charge on any atom is -0.495 e. The van der Waals surface area contributed by atoms with Gasteiger partial charge in [-0.25, -0.2) is 0 Å². The van der Waals surface area contributed by atoms with Gasteiger partial charge in [-0.1, -0.05) is 16.8 Å². The molecule has 112 valence electrons. The Hall–Kier alpha value is -2.21. The standard InChI is InChI=1S/C14H16ClN3O3/c1-8-4-11(12(20-3)6-10(8)15)16-7-14(19)17-13-5-9(2)21-18-13/h4-6,16H,7H2,1-3H3,(H,17,18,19). The van der Waals surface area contributed by atoms with Crippen molar-refractivity contribution in [1.29, 1.82) is 0 Å². The molecule has 0 saturated heterocycles. The molecule has 6 nitrogen and oxygen atoms in total. The van der Waals surface area contributed by atoms with Crippen LogP contribution in [-0.2, 0) is 4.79 Å². The van der Waals surface area contributed by atoms with E-state index < -0.39 is 0 Å². The van der Waals surface area contributed by atoms with Crippen molar-refractivity contribution in [3.05, 3.63) is 34.5 Å². The van der Waals surface area contributed by atoms with E-state index in [9.17, 15) is 4.79 Å². The zero-order valence-corrected chi connectivity index (χ0v) is 12.7. The van der Waals surface area contributed by atoms with Gasteiger partial charge in [-0.15, -0.1) is 0 Å². The number of anilines is 2. The van der Waals surface area contributed by atoms with Crippen molar-refractivity contribution in [1.82, 2.24) is 5.16 Å². The Labute approximate surface area is 127 Å². The summed E-state index contributed by atoms with van der Waals surface area (Å²) in [6.07, 6.45) is 0. The summed E-state index contributed by atoms with van der Waals surface area (Å²) in [5.74, 6) is 1.36. The molecule has 1 amide bonds. The predicted octanol–water partition coefficient (Wildman–Crippen LogP) is 3.00. The van der Waals surface area contributed by atoms with Crippen molar-refractivity contribution in [3.63, 3.8) is 0 Å². The number of benzene rings is 1. The summed E-state index contributed by atoms with van der Waals surface area (Å²) in [6.45, 7) is 3.71. The number of carbonyl (C=O) groups excluding carboxylic acids is 1. The topological polar surface area (TPSA) is 76.4 Å². The summed E-state index contributed by atoms with van der Waals surface area (Å²) < 4.78 is 10.1. The third-order valence-corrected chi connectivity index (χ3v) is 3.22. The van der Waals surface area contributed by atoms with Gasteiger partial charge < -0.3 is 19.9 Å². The second-order valence-corrected chi connectivity index (χ2v) is 4.93. The summed E-state index contributed by atoms with van der Waals surface area (Å²) in [4.78, 5) is 11.8. The van der Waals surface area contributed by atoms with Crippen LogP contribution in [0.2, 0.25) is 5.02 Å². The molecule has 2 N–H and O–H groups in total. The average molecular weight is 310 g/mol. The number of rotatable bonds is 5. The highest BCUT2D eigenvalue weighted by molar-refractivity contribution is 6.31. The van der Waals surface area contributed by atoms with Gasteiger partial charge in [0, 0.05) is 17.2 Å². The smallest absolute Gasteiger partial charge is 0.244 e. The summed E-state index contributed by atoms with van der Waals surface area (Å²) in [5, 5.41) is 9.93. The van der Waals surface area contributed by atoms with E-state index in [1.54, 1.807) is 26.2 Å². The van der Waals surface area contributed by atoms with E-state index in [4.69, 9.17) is 20.9 Å². The lowest BCUT2D eigenvalue weighted by Crippen LogP contribution is -2.22.